The van der Waals surface area contributed by atoms with Crippen molar-refractivity contribution in [3.63, 3.8) is 0 Å². The highest BCUT2D eigenvalue weighted by atomic mass is 16.6. The molecule has 0 heterocycles. The van der Waals surface area contributed by atoms with Gasteiger partial charge in [-0.3, -0.25) is 4.79 Å². The summed E-state index contributed by atoms with van der Waals surface area (Å²) in [7, 11) is 0. The molecule has 0 bridgehead atoms. The molecule has 0 fully saturated rings. The van der Waals surface area contributed by atoms with E-state index in [-0.39, 0.29) is 25.1 Å². The molecule has 0 saturated carbocycles. The predicted molar refractivity (Wildman–Crippen MR) is 74.2 cm³/mol. The van der Waals surface area contributed by atoms with Crippen molar-refractivity contribution in [1.29, 1.82) is 0 Å². The van der Waals surface area contributed by atoms with Gasteiger partial charge in [-0.25, -0.2) is 4.79 Å². The molecule has 0 amide bonds. The largest absolute Gasteiger partial charge is 0.462 e. The summed E-state index contributed by atoms with van der Waals surface area (Å²) < 4.78 is 10.2. The maximum atomic E-state index is 11.7. The van der Waals surface area contributed by atoms with Gasteiger partial charge in [0, 0.05) is 0 Å². The molecule has 4 heteroatoms. The predicted octanol–water partition coefficient (Wildman–Crippen LogP) is 2.74. The van der Waals surface area contributed by atoms with Gasteiger partial charge in [-0.2, -0.15) is 0 Å². The van der Waals surface area contributed by atoms with Crippen LogP contribution in [-0.4, -0.2) is 25.2 Å². The van der Waals surface area contributed by atoms with Crippen molar-refractivity contribution < 1.29 is 19.1 Å². The van der Waals surface area contributed by atoms with Crippen LogP contribution in [-0.2, 0) is 14.3 Å². The number of ether oxygens (including phenoxy) is 2. The number of hydrogen-bond acceptors (Lipinski definition) is 4. The van der Waals surface area contributed by atoms with Crippen LogP contribution in [0.25, 0.3) is 0 Å². The lowest BCUT2D eigenvalue weighted by Crippen LogP contribution is -2.21. The van der Waals surface area contributed by atoms with E-state index >= 15 is 0 Å². The molecule has 1 aromatic rings. The van der Waals surface area contributed by atoms with Crippen LogP contribution in [0.3, 0.4) is 0 Å². The summed E-state index contributed by atoms with van der Waals surface area (Å²) >= 11 is 0. The first kappa shape index (κ1) is 14.3. The molecule has 0 radical (unpaired) electrons. The second-order valence-corrected chi connectivity index (χ2v) is 4.65. The van der Waals surface area contributed by atoms with Gasteiger partial charge in [-0.05, 0) is 31.4 Å². The summed E-state index contributed by atoms with van der Waals surface area (Å²) in [5, 5.41) is 0. The Labute approximate surface area is 118 Å². The molecule has 0 aromatic heterocycles. The van der Waals surface area contributed by atoms with Crippen LogP contribution in [0.5, 0.6) is 0 Å². The first-order valence-corrected chi connectivity index (χ1v) is 6.81. The van der Waals surface area contributed by atoms with Gasteiger partial charge >= 0.3 is 11.9 Å². The third kappa shape index (κ3) is 4.23. The highest BCUT2D eigenvalue weighted by Crippen LogP contribution is 2.19. The summed E-state index contributed by atoms with van der Waals surface area (Å²) in [6.45, 7) is 0.194. The molecule has 1 atom stereocenters. The standard InChI is InChI=1S/C16H18O4/c17-15(13-7-3-1-4-8-13)19-11-12-20-16(18)14-9-5-2-6-10-14/h1-5,7-8,14H,6,9-12H2. The van der Waals surface area contributed by atoms with Gasteiger partial charge in [-0.15, -0.1) is 0 Å². The summed E-state index contributed by atoms with van der Waals surface area (Å²) in [6.07, 6.45) is 6.57. The van der Waals surface area contributed by atoms with Gasteiger partial charge in [0.05, 0.1) is 11.5 Å². The van der Waals surface area contributed by atoms with Crippen LogP contribution in [0.1, 0.15) is 29.6 Å². The average Bonchev–Trinajstić information content (AvgIpc) is 2.53. The van der Waals surface area contributed by atoms with Crippen molar-refractivity contribution in [3.05, 3.63) is 48.0 Å². The third-order valence-electron chi connectivity index (χ3n) is 3.17. The van der Waals surface area contributed by atoms with E-state index < -0.39 is 5.97 Å². The minimum Gasteiger partial charge on any atom is -0.462 e. The molecular formula is C16H18O4. The molecule has 2 rings (SSSR count). The van der Waals surface area contributed by atoms with Crippen LogP contribution in [0.4, 0.5) is 0 Å². The van der Waals surface area contributed by atoms with E-state index in [4.69, 9.17) is 9.47 Å². The van der Waals surface area contributed by atoms with E-state index in [0.29, 0.717) is 5.56 Å². The van der Waals surface area contributed by atoms with E-state index in [1.807, 2.05) is 12.1 Å². The highest BCUT2D eigenvalue weighted by Gasteiger charge is 2.20. The summed E-state index contributed by atoms with van der Waals surface area (Å²) in [5.41, 5.74) is 0.497. The first-order valence-electron chi connectivity index (χ1n) is 6.81. The molecule has 0 N–H and O–H groups in total. The van der Waals surface area contributed by atoms with Crippen molar-refractivity contribution in [2.75, 3.05) is 13.2 Å². The molecule has 1 aromatic carbocycles. The normalized spacial score (nSPS) is 17.5. The molecule has 0 aliphatic heterocycles. The second kappa shape index (κ2) is 7.48. The Balaban J connectivity index is 1.65. The maximum Gasteiger partial charge on any atom is 0.338 e. The summed E-state index contributed by atoms with van der Waals surface area (Å²) in [4.78, 5) is 23.3. The molecule has 1 aliphatic rings. The Morgan fingerprint density at radius 1 is 1.05 bits per heavy atom. The molecule has 1 unspecified atom stereocenters. The highest BCUT2D eigenvalue weighted by molar-refractivity contribution is 5.89. The Kier molecular flexibility index (Phi) is 5.35. The van der Waals surface area contributed by atoms with Crippen molar-refractivity contribution in [1.82, 2.24) is 0 Å². The maximum absolute atomic E-state index is 11.7. The second-order valence-electron chi connectivity index (χ2n) is 4.65. The van der Waals surface area contributed by atoms with Gasteiger partial charge in [0.1, 0.15) is 13.2 Å². The van der Waals surface area contributed by atoms with E-state index in [1.54, 1.807) is 24.3 Å². The number of rotatable bonds is 5. The fourth-order valence-electron chi connectivity index (χ4n) is 2.06. The number of allylic oxidation sites excluding steroid dienone is 2. The lowest BCUT2D eigenvalue weighted by Gasteiger charge is -2.16. The number of benzene rings is 1. The van der Waals surface area contributed by atoms with Crippen LogP contribution in [0.15, 0.2) is 42.5 Å². The summed E-state index contributed by atoms with van der Waals surface area (Å²) in [6, 6.07) is 8.74. The molecule has 0 spiro atoms. The Hall–Kier alpha value is -2.10. The van der Waals surface area contributed by atoms with E-state index in [0.717, 1.165) is 19.3 Å². The lowest BCUT2D eigenvalue weighted by atomic mass is 9.95. The SMILES string of the molecule is O=C(OCCOC(=O)C1CC=CCC1)c1ccccc1. The topological polar surface area (TPSA) is 52.6 Å². The van der Waals surface area contributed by atoms with Gasteiger partial charge in [0.15, 0.2) is 0 Å². The van der Waals surface area contributed by atoms with Crippen molar-refractivity contribution in [2.45, 2.75) is 19.3 Å². The van der Waals surface area contributed by atoms with Crippen LogP contribution >= 0.6 is 0 Å². The van der Waals surface area contributed by atoms with E-state index in [1.165, 1.54) is 0 Å². The third-order valence-corrected chi connectivity index (χ3v) is 3.17. The fourth-order valence-corrected chi connectivity index (χ4v) is 2.06. The van der Waals surface area contributed by atoms with Gasteiger partial charge in [0.2, 0.25) is 0 Å². The lowest BCUT2D eigenvalue weighted by molar-refractivity contribution is -0.149. The van der Waals surface area contributed by atoms with E-state index in [9.17, 15) is 9.59 Å². The molecule has 1 aliphatic carbocycles. The zero-order valence-corrected chi connectivity index (χ0v) is 11.3. The van der Waals surface area contributed by atoms with Crippen LogP contribution in [0, 0.1) is 5.92 Å². The quantitative estimate of drug-likeness (QED) is 0.470. The molecule has 0 saturated heterocycles. The van der Waals surface area contributed by atoms with Gasteiger partial charge in [0.25, 0.3) is 0 Å². The minimum absolute atomic E-state index is 0.0511. The van der Waals surface area contributed by atoms with Crippen molar-refractivity contribution in [3.8, 4) is 0 Å². The number of hydrogen-bond donors (Lipinski definition) is 0. The van der Waals surface area contributed by atoms with Gasteiger partial charge < -0.3 is 9.47 Å². The molecule has 4 nitrogen and oxygen atoms in total. The van der Waals surface area contributed by atoms with E-state index in [2.05, 4.69) is 6.08 Å². The molecule has 106 valence electrons. The average molecular weight is 274 g/mol. The number of esters is 2. The van der Waals surface area contributed by atoms with Crippen molar-refractivity contribution in [2.24, 2.45) is 5.92 Å². The number of carbonyl (C=O) groups excluding carboxylic acids is 2. The van der Waals surface area contributed by atoms with Gasteiger partial charge in [-0.1, -0.05) is 30.4 Å². The van der Waals surface area contributed by atoms with Crippen LogP contribution in [0.2, 0.25) is 0 Å². The Bertz CT molecular complexity index is 479. The van der Waals surface area contributed by atoms with Crippen molar-refractivity contribution >= 4 is 11.9 Å². The Morgan fingerprint density at radius 3 is 2.50 bits per heavy atom. The number of carbonyl (C=O) groups is 2. The monoisotopic (exact) mass is 274 g/mol. The first-order chi connectivity index (χ1) is 9.77. The van der Waals surface area contributed by atoms with Crippen LogP contribution < -0.4 is 0 Å². The smallest absolute Gasteiger partial charge is 0.338 e. The zero-order valence-electron chi connectivity index (χ0n) is 11.3. The summed E-state index contributed by atoms with van der Waals surface area (Å²) in [5.74, 6) is -0.655. The minimum atomic E-state index is -0.401. The molecular weight excluding hydrogens is 256 g/mol. The fraction of sp³-hybridized carbons (Fsp3) is 0.375. The molecule has 20 heavy (non-hydrogen) atoms. The zero-order chi connectivity index (χ0) is 14.2. The Morgan fingerprint density at radius 2 is 1.80 bits per heavy atom.